The fraction of sp³-hybridized carbons (Fsp3) is 0.462. The van der Waals surface area contributed by atoms with E-state index in [9.17, 15) is 5.11 Å². The molecule has 7 heteroatoms. The molecule has 2 aromatic heterocycles. The molecular formula is C13H18N4O2S. The van der Waals surface area contributed by atoms with E-state index in [2.05, 4.69) is 20.4 Å². The summed E-state index contributed by atoms with van der Waals surface area (Å²) in [6.07, 6.45) is 3.64. The van der Waals surface area contributed by atoms with Crippen molar-refractivity contribution in [2.75, 3.05) is 23.9 Å². The van der Waals surface area contributed by atoms with E-state index in [1.165, 1.54) is 0 Å². The maximum absolute atomic E-state index is 10.2. The quantitative estimate of drug-likeness (QED) is 0.842. The molecule has 0 aliphatic heterocycles. The Morgan fingerprint density at radius 2 is 2.30 bits per heavy atom. The first-order chi connectivity index (χ1) is 9.52. The maximum Gasteiger partial charge on any atom is 0.261 e. The van der Waals surface area contributed by atoms with E-state index in [4.69, 9.17) is 4.52 Å². The van der Waals surface area contributed by atoms with Crippen molar-refractivity contribution in [2.45, 2.75) is 19.4 Å². The normalized spacial score (nSPS) is 14.0. The fourth-order valence-electron chi connectivity index (χ4n) is 1.76. The second-order valence-corrected chi connectivity index (χ2v) is 5.70. The first-order valence-electron chi connectivity index (χ1n) is 6.23. The third kappa shape index (κ3) is 3.71. The highest BCUT2D eigenvalue weighted by Crippen LogP contribution is 2.24. The van der Waals surface area contributed by atoms with Gasteiger partial charge in [0, 0.05) is 18.5 Å². The molecule has 6 nitrogen and oxygen atoms in total. The van der Waals surface area contributed by atoms with Gasteiger partial charge in [0.25, 0.3) is 5.89 Å². The second-order valence-electron chi connectivity index (χ2n) is 4.83. The molecule has 2 rings (SSSR count). The summed E-state index contributed by atoms with van der Waals surface area (Å²) in [6.45, 7) is 3.95. The monoisotopic (exact) mass is 294 g/mol. The van der Waals surface area contributed by atoms with Gasteiger partial charge in [0.15, 0.2) is 5.82 Å². The van der Waals surface area contributed by atoms with Crippen LogP contribution >= 0.6 is 11.8 Å². The number of nitrogens with zero attached hydrogens (tertiary/aromatic N) is 3. The molecular weight excluding hydrogens is 276 g/mol. The van der Waals surface area contributed by atoms with Crippen molar-refractivity contribution in [3.05, 3.63) is 24.2 Å². The average Bonchev–Trinajstić information content (AvgIpc) is 2.83. The third-order valence-electron chi connectivity index (χ3n) is 2.66. The number of hydrogen-bond donors (Lipinski definition) is 2. The third-order valence-corrected chi connectivity index (χ3v) is 3.57. The van der Waals surface area contributed by atoms with Gasteiger partial charge in [-0.3, -0.25) is 0 Å². The lowest BCUT2D eigenvalue weighted by molar-refractivity contribution is 0.0996. The van der Waals surface area contributed by atoms with Crippen LogP contribution in [0, 0.1) is 6.92 Å². The summed E-state index contributed by atoms with van der Waals surface area (Å²) in [6, 6.07) is 3.66. The van der Waals surface area contributed by atoms with E-state index >= 15 is 0 Å². The lowest BCUT2D eigenvalue weighted by Gasteiger charge is -2.23. The van der Waals surface area contributed by atoms with Crippen molar-refractivity contribution in [2.24, 2.45) is 0 Å². The zero-order valence-corrected chi connectivity index (χ0v) is 12.6. The van der Waals surface area contributed by atoms with E-state index in [1.54, 1.807) is 37.9 Å². The molecule has 0 unspecified atom stereocenters. The van der Waals surface area contributed by atoms with Crippen LogP contribution in [0.5, 0.6) is 0 Å². The smallest absolute Gasteiger partial charge is 0.261 e. The molecule has 2 aromatic rings. The van der Waals surface area contributed by atoms with Gasteiger partial charge in [-0.05, 0) is 32.2 Å². The van der Waals surface area contributed by atoms with Crippen molar-refractivity contribution >= 4 is 17.6 Å². The molecule has 0 amide bonds. The van der Waals surface area contributed by atoms with Gasteiger partial charge in [-0.15, -0.1) is 0 Å². The number of rotatable bonds is 6. The highest BCUT2D eigenvalue weighted by molar-refractivity contribution is 7.98. The minimum Gasteiger partial charge on any atom is -0.387 e. The highest BCUT2D eigenvalue weighted by atomic mass is 32.2. The number of anilines is 1. The molecule has 0 aromatic carbocycles. The maximum atomic E-state index is 10.2. The molecule has 2 N–H and O–H groups in total. The average molecular weight is 294 g/mol. The molecule has 108 valence electrons. The van der Waals surface area contributed by atoms with Crippen molar-refractivity contribution in [3.63, 3.8) is 0 Å². The van der Waals surface area contributed by atoms with Gasteiger partial charge in [-0.1, -0.05) is 5.16 Å². The first-order valence-corrected chi connectivity index (χ1v) is 7.62. The zero-order valence-electron chi connectivity index (χ0n) is 11.8. The molecule has 2 heterocycles. The summed E-state index contributed by atoms with van der Waals surface area (Å²) < 4.78 is 5.16. The standard InChI is InChI=1S/C13H18N4O2S/c1-9-16-12(19-17-9)10-5-4-6-14-11(10)15-7-13(2,18)8-20-3/h4-6,18H,7-8H2,1-3H3,(H,14,15)/t13-/m1/s1. The van der Waals surface area contributed by atoms with Gasteiger partial charge >= 0.3 is 0 Å². The second kappa shape index (κ2) is 6.23. The molecule has 0 bridgehead atoms. The van der Waals surface area contributed by atoms with Crippen molar-refractivity contribution < 1.29 is 9.63 Å². The predicted molar refractivity (Wildman–Crippen MR) is 79.8 cm³/mol. The number of nitrogens with one attached hydrogen (secondary N) is 1. The lowest BCUT2D eigenvalue weighted by atomic mass is 10.1. The Kier molecular flexibility index (Phi) is 4.61. The van der Waals surface area contributed by atoms with Gasteiger partial charge < -0.3 is 14.9 Å². The fourth-order valence-corrected chi connectivity index (χ4v) is 2.49. The summed E-state index contributed by atoms with van der Waals surface area (Å²) >= 11 is 1.60. The van der Waals surface area contributed by atoms with Crippen molar-refractivity contribution in [3.8, 4) is 11.5 Å². The van der Waals surface area contributed by atoms with Crippen LogP contribution < -0.4 is 5.32 Å². The number of aromatic nitrogens is 3. The molecule has 0 radical (unpaired) electrons. The van der Waals surface area contributed by atoms with E-state index in [-0.39, 0.29) is 0 Å². The molecule has 20 heavy (non-hydrogen) atoms. The molecule has 0 spiro atoms. The Balaban J connectivity index is 2.17. The number of aryl methyl sites for hydroxylation is 1. The van der Waals surface area contributed by atoms with Crippen LogP contribution in [0.1, 0.15) is 12.7 Å². The minimum absolute atomic E-state index is 0.394. The van der Waals surface area contributed by atoms with Gasteiger partial charge in [0.2, 0.25) is 0 Å². The topological polar surface area (TPSA) is 84.1 Å². The highest BCUT2D eigenvalue weighted by Gasteiger charge is 2.21. The molecule has 0 fully saturated rings. The van der Waals surface area contributed by atoms with Crippen LogP contribution in [0.2, 0.25) is 0 Å². The van der Waals surface area contributed by atoms with E-state index in [0.29, 0.717) is 29.8 Å². The van der Waals surface area contributed by atoms with Crippen LogP contribution in [-0.4, -0.2) is 44.4 Å². The van der Waals surface area contributed by atoms with Crippen LogP contribution in [0.25, 0.3) is 11.5 Å². The molecule has 0 aliphatic rings. The first kappa shape index (κ1) is 14.8. The summed E-state index contributed by atoms with van der Waals surface area (Å²) in [5.74, 6) is 2.26. The number of aliphatic hydroxyl groups is 1. The van der Waals surface area contributed by atoms with Crippen molar-refractivity contribution in [1.82, 2.24) is 15.1 Å². The number of hydrogen-bond acceptors (Lipinski definition) is 7. The zero-order chi connectivity index (χ0) is 14.6. The van der Waals surface area contributed by atoms with Gasteiger partial charge in [0.05, 0.1) is 11.2 Å². The Morgan fingerprint density at radius 3 is 2.95 bits per heavy atom. The van der Waals surface area contributed by atoms with E-state index in [1.807, 2.05) is 12.3 Å². The van der Waals surface area contributed by atoms with Crippen molar-refractivity contribution in [1.29, 1.82) is 0 Å². The molecule has 0 saturated carbocycles. The van der Waals surface area contributed by atoms with E-state index < -0.39 is 5.60 Å². The summed E-state index contributed by atoms with van der Waals surface area (Å²) in [7, 11) is 0. The van der Waals surface area contributed by atoms with Crippen LogP contribution in [0.4, 0.5) is 5.82 Å². The lowest BCUT2D eigenvalue weighted by Crippen LogP contribution is -2.36. The minimum atomic E-state index is -0.807. The summed E-state index contributed by atoms with van der Waals surface area (Å²) in [5.41, 5.74) is -0.0769. The Hall–Kier alpha value is -1.60. The molecule has 0 saturated heterocycles. The predicted octanol–water partition coefficient (Wildman–Crippen LogP) is 1.97. The summed E-state index contributed by atoms with van der Waals surface area (Å²) in [5, 5.41) is 17.1. The Labute approximate surface area is 122 Å². The van der Waals surface area contributed by atoms with Gasteiger partial charge in [-0.25, -0.2) is 4.98 Å². The van der Waals surface area contributed by atoms with E-state index in [0.717, 1.165) is 5.56 Å². The number of thioether (sulfide) groups is 1. The molecule has 0 aliphatic carbocycles. The Bertz CT molecular complexity index is 571. The van der Waals surface area contributed by atoms with Gasteiger partial charge in [-0.2, -0.15) is 16.7 Å². The van der Waals surface area contributed by atoms with Gasteiger partial charge in [0.1, 0.15) is 5.82 Å². The largest absolute Gasteiger partial charge is 0.387 e. The van der Waals surface area contributed by atoms with Crippen LogP contribution in [0.15, 0.2) is 22.9 Å². The SMILES string of the molecule is CSC[C@](C)(O)CNc1ncccc1-c1nc(C)no1. The van der Waals surface area contributed by atoms with Crippen LogP contribution in [0.3, 0.4) is 0 Å². The number of pyridine rings is 1. The Morgan fingerprint density at radius 1 is 1.50 bits per heavy atom. The van der Waals surface area contributed by atoms with Crippen LogP contribution in [-0.2, 0) is 0 Å². The summed E-state index contributed by atoms with van der Waals surface area (Å²) in [4.78, 5) is 8.47. The molecule has 1 atom stereocenters.